The SMILES string of the molecule is C[C@H]1CCCN(Cc2ccc(C(=O)N(C)Cc3nc(-c4ccc(Cl)cc4)no3)cc2)C1. The molecule has 0 spiro atoms. The topological polar surface area (TPSA) is 62.5 Å². The van der Waals surface area contributed by atoms with Crippen molar-refractivity contribution in [2.45, 2.75) is 32.9 Å². The summed E-state index contributed by atoms with van der Waals surface area (Å²) in [5, 5.41) is 4.65. The van der Waals surface area contributed by atoms with Gasteiger partial charge in [-0.25, -0.2) is 0 Å². The van der Waals surface area contributed by atoms with E-state index in [2.05, 4.69) is 22.0 Å². The fourth-order valence-electron chi connectivity index (χ4n) is 3.97. The van der Waals surface area contributed by atoms with Gasteiger partial charge in [0.05, 0.1) is 6.54 Å². The van der Waals surface area contributed by atoms with Crippen LogP contribution >= 0.6 is 11.6 Å². The molecule has 0 unspecified atom stereocenters. The van der Waals surface area contributed by atoms with Crippen LogP contribution in [0.25, 0.3) is 11.4 Å². The normalized spacial score (nSPS) is 16.9. The number of halogens is 1. The van der Waals surface area contributed by atoms with Crippen molar-refractivity contribution >= 4 is 17.5 Å². The zero-order valence-electron chi connectivity index (χ0n) is 17.9. The first-order valence-electron chi connectivity index (χ1n) is 10.6. The van der Waals surface area contributed by atoms with E-state index < -0.39 is 0 Å². The number of carbonyl (C=O) groups excluding carboxylic acids is 1. The second-order valence-electron chi connectivity index (χ2n) is 8.36. The molecule has 1 saturated heterocycles. The van der Waals surface area contributed by atoms with Gasteiger partial charge in [-0.3, -0.25) is 9.69 Å². The molecule has 4 rings (SSSR count). The Balaban J connectivity index is 1.35. The molecule has 6 nitrogen and oxygen atoms in total. The van der Waals surface area contributed by atoms with E-state index in [1.165, 1.54) is 18.4 Å². The number of amides is 1. The van der Waals surface area contributed by atoms with Crippen molar-refractivity contribution in [2.24, 2.45) is 5.92 Å². The maximum atomic E-state index is 12.8. The van der Waals surface area contributed by atoms with Crippen LogP contribution in [-0.2, 0) is 13.1 Å². The molecule has 1 aromatic heterocycles. The van der Waals surface area contributed by atoms with Gasteiger partial charge < -0.3 is 9.42 Å². The van der Waals surface area contributed by atoms with Gasteiger partial charge in [0.2, 0.25) is 11.7 Å². The smallest absolute Gasteiger partial charge is 0.254 e. The third-order valence-corrected chi connectivity index (χ3v) is 5.89. The van der Waals surface area contributed by atoms with Crippen molar-refractivity contribution in [3.8, 4) is 11.4 Å². The van der Waals surface area contributed by atoms with E-state index in [1.807, 2.05) is 36.4 Å². The molecule has 2 heterocycles. The van der Waals surface area contributed by atoms with Crippen LogP contribution in [0, 0.1) is 5.92 Å². The van der Waals surface area contributed by atoms with Crippen molar-refractivity contribution in [1.29, 1.82) is 0 Å². The summed E-state index contributed by atoms with van der Waals surface area (Å²) in [6, 6.07) is 15.1. The van der Waals surface area contributed by atoms with Gasteiger partial charge in [-0.2, -0.15) is 4.98 Å². The predicted octanol–water partition coefficient (Wildman–Crippen LogP) is 4.89. The molecule has 31 heavy (non-hydrogen) atoms. The van der Waals surface area contributed by atoms with Gasteiger partial charge in [0, 0.05) is 36.3 Å². The predicted molar refractivity (Wildman–Crippen MR) is 121 cm³/mol. The Morgan fingerprint density at radius 1 is 1.19 bits per heavy atom. The summed E-state index contributed by atoms with van der Waals surface area (Å²) in [6.07, 6.45) is 2.58. The lowest BCUT2D eigenvalue weighted by Crippen LogP contribution is -2.33. The lowest BCUT2D eigenvalue weighted by atomic mass is 9.99. The van der Waals surface area contributed by atoms with E-state index >= 15 is 0 Å². The Morgan fingerprint density at radius 2 is 1.94 bits per heavy atom. The number of hydrogen-bond donors (Lipinski definition) is 0. The zero-order chi connectivity index (χ0) is 21.8. The number of hydrogen-bond acceptors (Lipinski definition) is 5. The Bertz CT molecular complexity index is 1020. The van der Waals surface area contributed by atoms with Crippen LogP contribution in [0.5, 0.6) is 0 Å². The summed E-state index contributed by atoms with van der Waals surface area (Å²) in [4.78, 5) is 21.3. The minimum absolute atomic E-state index is 0.0793. The molecule has 1 aliphatic rings. The number of rotatable bonds is 6. The van der Waals surface area contributed by atoms with Gasteiger partial charge in [0.15, 0.2) is 0 Å². The fourth-order valence-corrected chi connectivity index (χ4v) is 4.10. The molecule has 0 radical (unpaired) electrons. The fraction of sp³-hybridized carbons (Fsp3) is 0.375. The van der Waals surface area contributed by atoms with Gasteiger partial charge in [-0.1, -0.05) is 35.8 Å². The Morgan fingerprint density at radius 3 is 2.65 bits per heavy atom. The van der Waals surface area contributed by atoms with E-state index in [0.29, 0.717) is 22.3 Å². The summed E-state index contributed by atoms with van der Waals surface area (Å²) in [6.45, 7) is 5.78. The van der Waals surface area contributed by atoms with Crippen LogP contribution in [0.3, 0.4) is 0 Å². The number of carbonyl (C=O) groups is 1. The average Bonchev–Trinajstić information content (AvgIpc) is 3.23. The van der Waals surface area contributed by atoms with Crippen molar-refractivity contribution in [3.63, 3.8) is 0 Å². The quantitative estimate of drug-likeness (QED) is 0.548. The van der Waals surface area contributed by atoms with Crippen LogP contribution in [-0.4, -0.2) is 46.0 Å². The Hall–Kier alpha value is -2.70. The largest absolute Gasteiger partial charge is 0.337 e. The summed E-state index contributed by atoms with van der Waals surface area (Å²) in [5.74, 6) is 1.54. The molecule has 3 aromatic rings. The van der Waals surface area contributed by atoms with E-state index in [1.54, 1.807) is 24.1 Å². The van der Waals surface area contributed by atoms with Crippen LogP contribution < -0.4 is 0 Å². The standard InChI is InChI=1S/C24H27ClN4O2/c1-17-4-3-13-29(14-17)15-18-5-7-20(8-6-18)24(30)28(2)16-22-26-23(27-31-22)19-9-11-21(25)12-10-19/h5-12,17H,3-4,13-16H2,1-2H3/t17-/m0/s1. The lowest BCUT2D eigenvalue weighted by molar-refractivity contribution is 0.0769. The van der Waals surface area contributed by atoms with Crippen molar-refractivity contribution in [1.82, 2.24) is 19.9 Å². The minimum atomic E-state index is -0.0793. The summed E-state index contributed by atoms with van der Waals surface area (Å²) >= 11 is 5.92. The molecule has 2 aromatic carbocycles. The van der Waals surface area contributed by atoms with Gasteiger partial charge in [0.1, 0.15) is 0 Å². The minimum Gasteiger partial charge on any atom is -0.337 e. The zero-order valence-corrected chi connectivity index (χ0v) is 18.7. The highest BCUT2D eigenvalue weighted by Crippen LogP contribution is 2.20. The van der Waals surface area contributed by atoms with Crippen LogP contribution in [0.2, 0.25) is 5.02 Å². The molecule has 1 amide bonds. The number of likely N-dealkylation sites (tertiary alicyclic amines) is 1. The Labute approximate surface area is 187 Å². The van der Waals surface area contributed by atoms with E-state index in [4.69, 9.17) is 16.1 Å². The number of aromatic nitrogens is 2. The van der Waals surface area contributed by atoms with E-state index in [9.17, 15) is 4.79 Å². The van der Waals surface area contributed by atoms with E-state index in [0.717, 1.165) is 31.1 Å². The van der Waals surface area contributed by atoms with Crippen molar-refractivity contribution in [2.75, 3.05) is 20.1 Å². The van der Waals surface area contributed by atoms with Crippen LogP contribution in [0.15, 0.2) is 53.1 Å². The molecule has 1 fully saturated rings. The molecule has 0 bridgehead atoms. The van der Waals surface area contributed by atoms with Crippen LogP contribution in [0.4, 0.5) is 0 Å². The summed E-state index contributed by atoms with van der Waals surface area (Å²) in [7, 11) is 1.73. The van der Waals surface area contributed by atoms with Gasteiger partial charge in [-0.05, 0) is 67.3 Å². The van der Waals surface area contributed by atoms with Gasteiger partial charge in [0.25, 0.3) is 5.91 Å². The first-order valence-corrected chi connectivity index (χ1v) is 11.0. The number of nitrogens with zero attached hydrogens (tertiary/aromatic N) is 4. The van der Waals surface area contributed by atoms with Crippen LogP contribution in [0.1, 0.15) is 41.6 Å². The van der Waals surface area contributed by atoms with Crippen molar-refractivity contribution in [3.05, 3.63) is 70.6 Å². The highest BCUT2D eigenvalue weighted by Gasteiger charge is 2.18. The molecular formula is C24H27ClN4O2. The molecule has 0 N–H and O–H groups in total. The number of benzene rings is 2. The maximum Gasteiger partial charge on any atom is 0.254 e. The molecular weight excluding hydrogens is 412 g/mol. The molecule has 1 aliphatic heterocycles. The Kier molecular flexibility index (Phi) is 6.68. The maximum absolute atomic E-state index is 12.8. The highest BCUT2D eigenvalue weighted by molar-refractivity contribution is 6.30. The average molecular weight is 439 g/mol. The second-order valence-corrected chi connectivity index (χ2v) is 8.80. The monoisotopic (exact) mass is 438 g/mol. The molecule has 7 heteroatoms. The number of piperidine rings is 1. The molecule has 0 aliphatic carbocycles. The first kappa shape index (κ1) is 21.5. The molecule has 0 saturated carbocycles. The third-order valence-electron chi connectivity index (χ3n) is 5.64. The summed E-state index contributed by atoms with van der Waals surface area (Å²) in [5.41, 5.74) is 2.69. The van der Waals surface area contributed by atoms with Crippen molar-refractivity contribution < 1.29 is 9.32 Å². The van der Waals surface area contributed by atoms with Gasteiger partial charge >= 0.3 is 0 Å². The lowest BCUT2D eigenvalue weighted by Gasteiger charge is -2.30. The molecule has 162 valence electrons. The molecule has 1 atom stereocenters. The van der Waals surface area contributed by atoms with Gasteiger partial charge in [-0.15, -0.1) is 0 Å². The first-order chi connectivity index (χ1) is 15.0. The second kappa shape index (κ2) is 9.62. The summed E-state index contributed by atoms with van der Waals surface area (Å²) < 4.78 is 5.32. The highest BCUT2D eigenvalue weighted by atomic mass is 35.5. The van der Waals surface area contributed by atoms with E-state index in [-0.39, 0.29) is 12.5 Å². The third kappa shape index (κ3) is 5.51.